The van der Waals surface area contributed by atoms with Crippen molar-refractivity contribution in [1.82, 2.24) is 10.2 Å². The Labute approximate surface area is 236 Å². The second-order valence-electron chi connectivity index (χ2n) is 10.1. The zero-order chi connectivity index (χ0) is 28.6. The molecule has 2 aromatic rings. The minimum absolute atomic E-state index is 0.00959. The highest BCUT2D eigenvalue weighted by molar-refractivity contribution is 7.80. The van der Waals surface area contributed by atoms with Gasteiger partial charge in [-0.2, -0.15) is 12.6 Å². The summed E-state index contributed by atoms with van der Waals surface area (Å²) in [6.45, 7) is 14.7. The first kappa shape index (κ1) is 31.2. The first-order valence-corrected chi connectivity index (χ1v) is 13.5. The Morgan fingerprint density at radius 1 is 1.18 bits per heavy atom. The smallest absolute Gasteiger partial charge is 0.408 e. The Morgan fingerprint density at radius 3 is 2.39 bits per heavy atom. The van der Waals surface area contributed by atoms with E-state index in [9.17, 15) is 14.4 Å². The van der Waals surface area contributed by atoms with Crippen LogP contribution in [0.5, 0.6) is 0 Å². The number of carbonyl (C=O) groups excluding carboxylic acids is 3. The number of amides is 3. The molecule has 2 N–H and O–H groups in total. The SMILES string of the molecule is C=Cc1cccc(C(C(=O)Nc2c(C)cccc2Cl)N(C(=O)C(CS)NC(=O)OC(C)(C)C)C(C)CC)c1. The monoisotopic (exact) mass is 559 g/mol. The molecule has 0 saturated heterocycles. The van der Waals surface area contributed by atoms with Crippen molar-refractivity contribution >= 4 is 53.9 Å². The average Bonchev–Trinajstić information content (AvgIpc) is 2.86. The molecule has 3 unspecified atom stereocenters. The summed E-state index contributed by atoms with van der Waals surface area (Å²) in [4.78, 5) is 42.0. The van der Waals surface area contributed by atoms with E-state index in [2.05, 4.69) is 29.8 Å². The van der Waals surface area contributed by atoms with E-state index in [4.69, 9.17) is 16.3 Å². The third-order valence-corrected chi connectivity index (χ3v) is 6.63. The summed E-state index contributed by atoms with van der Waals surface area (Å²) >= 11 is 10.7. The van der Waals surface area contributed by atoms with Crippen molar-refractivity contribution in [1.29, 1.82) is 0 Å². The Balaban J connectivity index is 2.59. The number of alkyl carbamates (subject to hydrolysis) is 1. The fraction of sp³-hybridized carbons (Fsp3) is 0.414. The zero-order valence-corrected chi connectivity index (χ0v) is 24.5. The van der Waals surface area contributed by atoms with Crippen molar-refractivity contribution in [2.24, 2.45) is 0 Å². The van der Waals surface area contributed by atoms with E-state index in [1.807, 2.05) is 45.0 Å². The molecular formula is C29H38ClN3O4S. The lowest BCUT2D eigenvalue weighted by atomic mass is 9.98. The number of benzene rings is 2. The Kier molecular flexibility index (Phi) is 11.3. The van der Waals surface area contributed by atoms with Crippen LogP contribution in [0.15, 0.2) is 49.0 Å². The van der Waals surface area contributed by atoms with Gasteiger partial charge in [0.25, 0.3) is 5.91 Å². The molecule has 0 radical (unpaired) electrons. The van der Waals surface area contributed by atoms with Crippen molar-refractivity contribution in [3.63, 3.8) is 0 Å². The highest BCUT2D eigenvalue weighted by atomic mass is 35.5. The summed E-state index contributed by atoms with van der Waals surface area (Å²) < 4.78 is 5.36. The van der Waals surface area contributed by atoms with Crippen LogP contribution in [0.1, 0.15) is 63.8 Å². The molecule has 0 spiro atoms. The molecule has 3 atom stereocenters. The van der Waals surface area contributed by atoms with Gasteiger partial charge in [-0.1, -0.05) is 61.5 Å². The van der Waals surface area contributed by atoms with Crippen molar-refractivity contribution in [2.75, 3.05) is 11.1 Å². The van der Waals surface area contributed by atoms with Crippen molar-refractivity contribution in [2.45, 2.75) is 71.7 Å². The first-order chi connectivity index (χ1) is 17.8. The van der Waals surface area contributed by atoms with Gasteiger partial charge >= 0.3 is 6.09 Å². The van der Waals surface area contributed by atoms with Gasteiger partial charge in [0.15, 0.2) is 0 Å². The highest BCUT2D eigenvalue weighted by Gasteiger charge is 2.38. The number of para-hydroxylation sites is 1. The molecule has 0 heterocycles. The molecule has 9 heteroatoms. The summed E-state index contributed by atoms with van der Waals surface area (Å²) in [5.41, 5.74) is 1.89. The second kappa shape index (κ2) is 13.7. The number of halogens is 1. The van der Waals surface area contributed by atoms with Crippen LogP contribution in [0, 0.1) is 6.92 Å². The van der Waals surface area contributed by atoms with Crippen LogP contribution in [0.4, 0.5) is 10.5 Å². The number of nitrogens with zero attached hydrogens (tertiary/aromatic N) is 1. The maximum absolute atomic E-state index is 14.0. The highest BCUT2D eigenvalue weighted by Crippen LogP contribution is 2.31. The van der Waals surface area contributed by atoms with E-state index >= 15 is 0 Å². The number of hydrogen-bond donors (Lipinski definition) is 3. The molecule has 0 aliphatic heterocycles. The predicted octanol–water partition coefficient (Wildman–Crippen LogP) is 6.42. The van der Waals surface area contributed by atoms with E-state index < -0.39 is 35.6 Å². The molecule has 0 aliphatic carbocycles. The third kappa shape index (κ3) is 8.27. The summed E-state index contributed by atoms with van der Waals surface area (Å²) in [5, 5.41) is 5.94. The van der Waals surface area contributed by atoms with Gasteiger partial charge < -0.3 is 20.3 Å². The third-order valence-electron chi connectivity index (χ3n) is 5.95. The maximum atomic E-state index is 14.0. The van der Waals surface area contributed by atoms with E-state index in [0.717, 1.165) is 11.1 Å². The fourth-order valence-electron chi connectivity index (χ4n) is 3.89. The molecule has 0 saturated carbocycles. The summed E-state index contributed by atoms with van der Waals surface area (Å²) in [6, 6.07) is 10.2. The van der Waals surface area contributed by atoms with Crippen LogP contribution in [0.25, 0.3) is 6.08 Å². The van der Waals surface area contributed by atoms with Gasteiger partial charge in [0.1, 0.15) is 17.7 Å². The van der Waals surface area contributed by atoms with Crippen molar-refractivity contribution in [3.8, 4) is 0 Å². The maximum Gasteiger partial charge on any atom is 0.408 e. The number of ether oxygens (including phenoxy) is 1. The summed E-state index contributed by atoms with van der Waals surface area (Å²) in [7, 11) is 0. The number of thiol groups is 1. The van der Waals surface area contributed by atoms with Crippen LogP contribution in [-0.4, -0.2) is 46.2 Å². The molecule has 0 aromatic heterocycles. The van der Waals surface area contributed by atoms with E-state index in [1.165, 1.54) is 4.90 Å². The number of anilines is 1. The Bertz CT molecular complexity index is 1140. The van der Waals surface area contributed by atoms with Gasteiger partial charge in [0.05, 0.1) is 10.7 Å². The van der Waals surface area contributed by atoms with Crippen molar-refractivity contribution in [3.05, 3.63) is 70.8 Å². The minimum Gasteiger partial charge on any atom is -0.444 e. The molecular weight excluding hydrogens is 522 g/mol. The van der Waals surface area contributed by atoms with E-state index in [1.54, 1.807) is 45.0 Å². The topological polar surface area (TPSA) is 87.7 Å². The van der Waals surface area contributed by atoms with Gasteiger partial charge in [0, 0.05) is 11.8 Å². The largest absolute Gasteiger partial charge is 0.444 e. The van der Waals surface area contributed by atoms with Crippen LogP contribution in [0.3, 0.4) is 0 Å². The lowest BCUT2D eigenvalue weighted by Gasteiger charge is -2.38. The standard InChI is InChI=1S/C29H38ClN3O4S/c1-8-19(4)33(27(35)23(17-38)31-28(36)37-29(5,6)7)25(21-14-11-13-20(9-2)16-21)26(34)32-24-18(3)12-10-15-22(24)30/h9-16,19,23,25,38H,2,8,17H2,1,3-7H3,(H,31,36)(H,32,34). The number of rotatable bonds is 10. The van der Waals surface area contributed by atoms with Crippen LogP contribution >= 0.6 is 24.2 Å². The van der Waals surface area contributed by atoms with Gasteiger partial charge in [-0.25, -0.2) is 4.79 Å². The average molecular weight is 560 g/mol. The van der Waals surface area contributed by atoms with Gasteiger partial charge in [-0.05, 0) is 69.9 Å². The molecule has 2 aromatic carbocycles. The van der Waals surface area contributed by atoms with Crippen LogP contribution in [0.2, 0.25) is 5.02 Å². The first-order valence-electron chi connectivity index (χ1n) is 12.5. The molecule has 3 amide bonds. The van der Waals surface area contributed by atoms with Crippen molar-refractivity contribution < 1.29 is 19.1 Å². The van der Waals surface area contributed by atoms with Gasteiger partial charge in [0.2, 0.25) is 5.91 Å². The fourth-order valence-corrected chi connectivity index (χ4v) is 4.40. The second-order valence-corrected chi connectivity index (χ2v) is 10.9. The van der Waals surface area contributed by atoms with Crippen LogP contribution < -0.4 is 10.6 Å². The summed E-state index contributed by atoms with van der Waals surface area (Å²) in [6.07, 6.45) is 1.50. The normalized spacial score (nSPS) is 13.6. The molecule has 0 aliphatic rings. The number of hydrogen-bond acceptors (Lipinski definition) is 5. The number of nitrogens with one attached hydrogen (secondary N) is 2. The lowest BCUT2D eigenvalue weighted by Crippen LogP contribution is -2.55. The minimum atomic E-state index is -1.03. The van der Waals surface area contributed by atoms with Gasteiger partial charge in [-0.3, -0.25) is 9.59 Å². The lowest BCUT2D eigenvalue weighted by molar-refractivity contribution is -0.142. The predicted molar refractivity (Wildman–Crippen MR) is 158 cm³/mol. The van der Waals surface area contributed by atoms with Crippen LogP contribution in [-0.2, 0) is 14.3 Å². The molecule has 0 fully saturated rings. The summed E-state index contributed by atoms with van der Waals surface area (Å²) in [5.74, 6) is -0.887. The van der Waals surface area contributed by atoms with E-state index in [-0.39, 0.29) is 11.8 Å². The van der Waals surface area contributed by atoms with Gasteiger partial charge in [-0.15, -0.1) is 0 Å². The van der Waals surface area contributed by atoms with E-state index in [0.29, 0.717) is 22.7 Å². The molecule has 206 valence electrons. The zero-order valence-electron chi connectivity index (χ0n) is 22.9. The Hall–Kier alpha value is -2.97. The molecule has 7 nitrogen and oxygen atoms in total. The number of carbonyl (C=O) groups is 3. The number of aryl methyl sites for hydroxylation is 1. The molecule has 38 heavy (non-hydrogen) atoms. The quantitative estimate of drug-likeness (QED) is 0.293. The Morgan fingerprint density at radius 2 is 1.84 bits per heavy atom. The molecule has 0 bridgehead atoms. The molecule has 2 rings (SSSR count).